The van der Waals surface area contributed by atoms with Crippen LogP contribution in [0.1, 0.15) is 156 Å². The molecule has 2 aromatic heterocycles. The Morgan fingerprint density at radius 1 is 0.583 bits per heavy atom. The second-order valence-corrected chi connectivity index (χ2v) is 26.0. The van der Waals surface area contributed by atoms with E-state index in [9.17, 15) is 19.2 Å². The van der Waals surface area contributed by atoms with Crippen molar-refractivity contribution >= 4 is 51.5 Å². The van der Waals surface area contributed by atoms with Crippen LogP contribution in [0.4, 0.5) is 11.4 Å². The lowest BCUT2D eigenvalue weighted by Crippen LogP contribution is -2.43. The molecule has 7 heterocycles. The number of H-pyrrole nitrogens is 2. The molecule has 4 atom stereocenters. The number of rotatable bonds is 12. The average Bonchev–Trinajstić information content (AvgIpc) is 4.27. The lowest BCUT2D eigenvalue weighted by atomic mass is 9.79. The molecule has 0 radical (unpaired) electrons. The van der Waals surface area contributed by atoms with Gasteiger partial charge in [-0.3, -0.25) is 19.2 Å². The highest BCUT2D eigenvalue weighted by atomic mass is 79.9. The maximum Gasteiger partial charge on any atom is 0.494 e. The Balaban J connectivity index is 0.000000138. The minimum Gasteiger partial charge on any atom is -0.489 e. The molecular weight excluding hydrogens is 1120 g/mol. The number of pyridine rings is 2. The fourth-order valence-electron chi connectivity index (χ4n) is 13.4. The number of benzene rings is 4. The monoisotopic (exact) mass is 1200 g/mol. The number of ketones is 2. The predicted molar refractivity (Wildman–Crippen MR) is 339 cm³/mol. The van der Waals surface area contributed by atoms with Crippen molar-refractivity contribution in [2.75, 3.05) is 62.2 Å². The molecule has 14 nitrogen and oxygen atoms in total. The van der Waals surface area contributed by atoms with Crippen LogP contribution in [-0.2, 0) is 22.2 Å². The van der Waals surface area contributed by atoms with Crippen LogP contribution in [0.2, 0.25) is 0 Å². The highest BCUT2D eigenvalue weighted by molar-refractivity contribution is 9.10. The summed E-state index contributed by atoms with van der Waals surface area (Å²) in [5.74, 6) is 2.77. The number of hydrogen-bond acceptors (Lipinski definition) is 12. The molecule has 2 saturated carbocycles. The Morgan fingerprint density at radius 2 is 1.02 bits per heavy atom. The van der Waals surface area contributed by atoms with E-state index < -0.39 is 0 Å². The third-order valence-corrected chi connectivity index (χ3v) is 19.4. The highest BCUT2D eigenvalue weighted by Crippen LogP contribution is 2.52. The van der Waals surface area contributed by atoms with Gasteiger partial charge in [-0.25, -0.2) is 0 Å². The second-order valence-electron chi connectivity index (χ2n) is 25.1. The largest absolute Gasteiger partial charge is 0.494 e. The zero-order valence-corrected chi connectivity index (χ0v) is 51.8. The van der Waals surface area contributed by atoms with E-state index in [0.717, 1.165) is 151 Å². The smallest absolute Gasteiger partial charge is 0.489 e. The van der Waals surface area contributed by atoms with Crippen LogP contribution in [0.15, 0.2) is 99.0 Å². The van der Waals surface area contributed by atoms with Gasteiger partial charge < -0.3 is 49.2 Å². The van der Waals surface area contributed by atoms with Gasteiger partial charge in [0, 0.05) is 139 Å². The molecule has 5 aliphatic heterocycles. The van der Waals surface area contributed by atoms with Gasteiger partial charge in [0.15, 0.2) is 11.6 Å². The molecule has 2 aliphatic carbocycles. The van der Waals surface area contributed by atoms with Crippen molar-refractivity contribution in [1.82, 2.24) is 20.6 Å². The molecule has 442 valence electrons. The summed E-state index contributed by atoms with van der Waals surface area (Å²) in [5, 5.41) is 6.78. The van der Waals surface area contributed by atoms with Gasteiger partial charge in [-0.05, 0) is 206 Å². The summed E-state index contributed by atoms with van der Waals surface area (Å²) < 4.78 is 25.6. The van der Waals surface area contributed by atoms with Crippen molar-refractivity contribution in [2.45, 2.75) is 155 Å². The summed E-state index contributed by atoms with van der Waals surface area (Å²) in [6.07, 6.45) is 8.74. The molecule has 5 fully saturated rings. The molecule has 3 saturated heterocycles. The summed E-state index contributed by atoms with van der Waals surface area (Å²) in [4.78, 5) is 61.4. The number of aromatic amines is 2. The van der Waals surface area contributed by atoms with E-state index in [0.29, 0.717) is 54.2 Å². The van der Waals surface area contributed by atoms with Gasteiger partial charge in [0.05, 0.1) is 15.7 Å². The van der Waals surface area contributed by atoms with Crippen LogP contribution in [0, 0.1) is 27.7 Å². The van der Waals surface area contributed by atoms with Crippen LogP contribution in [0.3, 0.4) is 0 Å². The van der Waals surface area contributed by atoms with Crippen LogP contribution in [0.5, 0.6) is 11.5 Å². The summed E-state index contributed by atoms with van der Waals surface area (Å²) in [5.41, 5.74) is 13.7. The van der Waals surface area contributed by atoms with E-state index in [-0.39, 0.29) is 53.2 Å². The van der Waals surface area contributed by atoms with E-state index in [2.05, 4.69) is 129 Å². The number of Topliss-reactive ketones (excluding diaryl/α,β-unsaturated/α-hetero) is 2. The highest BCUT2D eigenvalue weighted by Gasteiger charge is 2.52. The first-order valence-corrected chi connectivity index (χ1v) is 31.4. The van der Waals surface area contributed by atoms with Gasteiger partial charge in [0.2, 0.25) is 0 Å². The fourth-order valence-corrected chi connectivity index (χ4v) is 14.0. The third-order valence-electron chi connectivity index (χ3n) is 18.8. The molecule has 0 unspecified atom stereocenters. The first kappa shape index (κ1) is 59.4. The van der Waals surface area contributed by atoms with Gasteiger partial charge >= 0.3 is 7.12 Å². The van der Waals surface area contributed by atoms with Crippen molar-refractivity contribution in [3.8, 4) is 22.6 Å². The average molecular weight is 1200 g/mol. The summed E-state index contributed by atoms with van der Waals surface area (Å²) in [6.45, 7) is 24.2. The van der Waals surface area contributed by atoms with E-state index >= 15 is 0 Å². The first-order valence-electron chi connectivity index (χ1n) is 30.6. The Bertz CT molecular complexity index is 3520. The number of aromatic nitrogens is 2. The number of anilines is 2. The minimum atomic E-state index is -0.283. The predicted octanol–water partition coefficient (Wildman–Crippen LogP) is 10.9. The normalized spacial score (nSPS) is 21.5. The summed E-state index contributed by atoms with van der Waals surface area (Å²) in [6, 6.07) is 29.1. The maximum atomic E-state index is 13.5. The number of fused-ring (bicyclic) bond motifs is 6. The molecule has 0 spiro atoms. The van der Waals surface area contributed by atoms with Crippen molar-refractivity contribution in [3.05, 3.63) is 166 Å². The molecule has 0 bridgehead atoms. The van der Waals surface area contributed by atoms with Gasteiger partial charge in [-0.1, -0.05) is 24.3 Å². The lowest BCUT2D eigenvalue weighted by molar-refractivity contribution is 0.00578. The van der Waals surface area contributed by atoms with Crippen molar-refractivity contribution < 1.29 is 28.4 Å². The minimum absolute atomic E-state index is 0.0642. The molecule has 7 aliphatic rings. The summed E-state index contributed by atoms with van der Waals surface area (Å²) in [7, 11) is -0.271. The molecule has 4 aromatic carbocycles. The number of halogens is 1. The second kappa shape index (κ2) is 25.0. The van der Waals surface area contributed by atoms with E-state index in [1.807, 2.05) is 58.0 Å². The Kier molecular flexibility index (Phi) is 17.7. The number of ether oxygens (including phenoxy) is 2. The summed E-state index contributed by atoms with van der Waals surface area (Å²) >= 11 is 3.57. The van der Waals surface area contributed by atoms with Gasteiger partial charge in [0.1, 0.15) is 23.7 Å². The number of nitrogens with zero attached hydrogens (tertiary/aromatic N) is 2. The lowest BCUT2D eigenvalue weighted by Gasteiger charge is -2.32. The number of hydrogen-bond donors (Lipinski definition) is 4. The van der Waals surface area contributed by atoms with Gasteiger partial charge in [0.25, 0.3) is 11.1 Å². The zero-order chi connectivity index (χ0) is 59.0. The number of carbonyl (C=O) groups excluding carboxylic acids is 2. The number of piperazine rings is 2. The van der Waals surface area contributed by atoms with E-state index in [1.165, 1.54) is 23.4 Å². The zero-order valence-electron chi connectivity index (χ0n) is 50.2. The molecule has 0 amide bonds. The maximum absolute atomic E-state index is 13.5. The Morgan fingerprint density at radius 3 is 1.50 bits per heavy atom. The van der Waals surface area contributed by atoms with Crippen LogP contribution in [-0.4, -0.2) is 104 Å². The Labute approximate surface area is 503 Å². The van der Waals surface area contributed by atoms with Crippen LogP contribution < -0.4 is 46.5 Å². The Hall–Kier alpha value is -6.30. The quantitative estimate of drug-likeness (QED) is 0.0677. The first-order chi connectivity index (χ1) is 40.3. The van der Waals surface area contributed by atoms with E-state index in [4.69, 9.17) is 18.8 Å². The molecule has 16 heteroatoms. The molecular formula is C68H82BBrN6O8. The number of aryl methyl sites for hydroxylation is 4. The van der Waals surface area contributed by atoms with Gasteiger partial charge in [-0.15, -0.1) is 0 Å². The molecule has 84 heavy (non-hydrogen) atoms. The van der Waals surface area contributed by atoms with Crippen molar-refractivity contribution in [3.63, 3.8) is 0 Å². The number of nitrogens with one attached hydrogen (secondary N) is 4. The molecule has 4 N–H and O–H groups in total. The van der Waals surface area contributed by atoms with Crippen molar-refractivity contribution in [2.24, 2.45) is 0 Å². The van der Waals surface area contributed by atoms with E-state index in [1.54, 1.807) is 0 Å². The topological polar surface area (TPSA) is 167 Å². The van der Waals surface area contributed by atoms with Gasteiger partial charge in [-0.2, -0.15) is 0 Å². The molecule has 13 rings (SSSR count). The SMILES string of the molecule is CC1(C)OB(c2ccc(N3CCNCC3)cc2)OC1(C)C.Cc1cc(C)c(CCC(=O)c2cc(-c3ccc(N4CCNCC4)cc3)c3c(c2)[C@@H]2CCC[C@@H]2O3)c(=O)[nH]1.Cc1cc(C)c(CCC(=O)c2cc(Br)c3c(c2)[C@@H]2CCC[C@@H]2O3)c(=O)[nH]1. The fraction of sp³-hybridized carbons (Fsp3) is 0.471. The third kappa shape index (κ3) is 12.7. The standard InChI is InChI=1S/C31H35N3O3.C21H22BrNO3.C16H25BN2O2/c1-19-16-20(2)33-31(36)24(19)10-11-28(35)22-17-26(30-27(18-22)25-4-3-5-29(25)37-30)21-6-8-23(9-7-21)34-14-12-32-13-15-34;1-11-8-12(2)23-21(25)14(11)6-7-18(24)13-9-16-15-4-3-5-19(15)26-20(16)17(22)10-13;1-15(2)16(3,4)21-17(20-15)13-5-7-14(8-6-13)19-11-9-18-10-12-19/h6-9,16-18,25,29,32H,3-5,10-15H2,1-2H3,(H,33,36);8-10,15,19H,3-7H2,1-2H3,(H,23,25);5-8,18H,9-12H2,1-4H3/t25-,29-;15-,19-;/m00./s1. The van der Waals surface area contributed by atoms with Crippen LogP contribution in [0.25, 0.3) is 11.1 Å². The number of carbonyl (C=O) groups is 2. The molecule has 6 aromatic rings. The van der Waals surface area contributed by atoms with Crippen molar-refractivity contribution in [1.29, 1.82) is 0 Å². The van der Waals surface area contributed by atoms with Crippen LogP contribution >= 0.6 is 15.9 Å².